The number of nitrogens with zero attached hydrogens (tertiary/aromatic N) is 5. The fourth-order valence-electron chi connectivity index (χ4n) is 1.28. The number of hydrogen-bond acceptors (Lipinski definition) is 7. The first-order chi connectivity index (χ1) is 9.06. The number of hydrogen-bond donors (Lipinski definition) is 3. The molecule has 0 unspecified atom stereocenters. The van der Waals surface area contributed by atoms with Crippen molar-refractivity contribution in [1.29, 1.82) is 0 Å². The molecular formula is C10H13ClN6O2. The molecule has 2 rings (SSSR count). The molecule has 0 atom stereocenters. The van der Waals surface area contributed by atoms with E-state index in [4.69, 9.17) is 11.6 Å². The van der Waals surface area contributed by atoms with Crippen molar-refractivity contribution in [3.63, 3.8) is 0 Å². The molecule has 2 aromatic heterocycles. The van der Waals surface area contributed by atoms with Crippen LogP contribution >= 0.6 is 11.6 Å². The summed E-state index contributed by atoms with van der Waals surface area (Å²) < 4.78 is 1.42. The third-order valence-electron chi connectivity index (χ3n) is 2.42. The summed E-state index contributed by atoms with van der Waals surface area (Å²) in [7, 11) is 0. The molecule has 2 aromatic rings. The Morgan fingerprint density at radius 3 is 2.63 bits per heavy atom. The van der Waals surface area contributed by atoms with Crippen molar-refractivity contribution in [3.05, 3.63) is 23.7 Å². The molecule has 0 aliphatic rings. The predicted octanol–water partition coefficient (Wildman–Crippen LogP) is -0.134. The number of nitrogens with one attached hydrogen (secondary N) is 1. The Hall–Kier alpha value is -1.77. The topological polar surface area (TPSA) is 109 Å². The third kappa shape index (κ3) is 3.16. The summed E-state index contributed by atoms with van der Waals surface area (Å²) in [5, 5.41) is 25.2. The Morgan fingerprint density at radius 2 is 2.05 bits per heavy atom. The minimum Gasteiger partial charge on any atom is -0.394 e. The molecule has 0 saturated carbocycles. The van der Waals surface area contributed by atoms with Crippen molar-refractivity contribution in [3.8, 4) is 5.95 Å². The van der Waals surface area contributed by atoms with Crippen LogP contribution in [0.3, 0.4) is 0 Å². The average Bonchev–Trinajstić information content (AvgIpc) is 2.92. The van der Waals surface area contributed by atoms with Crippen LogP contribution in [0.4, 0.5) is 5.95 Å². The average molecular weight is 285 g/mol. The maximum atomic E-state index is 9.22. The van der Waals surface area contributed by atoms with Gasteiger partial charge in [-0.1, -0.05) is 0 Å². The third-order valence-corrected chi connectivity index (χ3v) is 2.59. The number of aromatic nitrogens is 5. The number of anilines is 1. The number of aliphatic hydroxyl groups excluding tert-OH is 2. The number of rotatable bonds is 5. The van der Waals surface area contributed by atoms with Gasteiger partial charge in [0.1, 0.15) is 0 Å². The molecule has 102 valence electrons. The molecule has 3 N–H and O–H groups in total. The summed E-state index contributed by atoms with van der Waals surface area (Å²) in [5.74, 6) is 0.391. The molecule has 0 amide bonds. The van der Waals surface area contributed by atoms with Gasteiger partial charge in [0.2, 0.25) is 11.2 Å². The van der Waals surface area contributed by atoms with Gasteiger partial charge in [0.15, 0.2) is 0 Å². The molecule has 0 fully saturated rings. The first-order valence-electron chi connectivity index (χ1n) is 5.48. The molecule has 0 aliphatic heterocycles. The summed E-state index contributed by atoms with van der Waals surface area (Å²) in [4.78, 5) is 11.9. The van der Waals surface area contributed by atoms with E-state index < -0.39 is 5.54 Å². The van der Waals surface area contributed by atoms with Gasteiger partial charge in [0.25, 0.3) is 5.95 Å². The largest absolute Gasteiger partial charge is 0.394 e. The van der Waals surface area contributed by atoms with Gasteiger partial charge >= 0.3 is 0 Å². The number of halogens is 1. The van der Waals surface area contributed by atoms with E-state index in [1.807, 2.05) is 0 Å². The fourth-order valence-corrected chi connectivity index (χ4v) is 1.44. The molecule has 0 bridgehead atoms. The summed E-state index contributed by atoms with van der Waals surface area (Å²) in [6.07, 6.45) is 3.24. The van der Waals surface area contributed by atoms with E-state index in [0.717, 1.165) is 0 Å². The Labute approximate surface area is 114 Å². The number of aliphatic hydroxyl groups is 2. The van der Waals surface area contributed by atoms with Gasteiger partial charge in [-0.2, -0.15) is 20.1 Å². The van der Waals surface area contributed by atoms with Crippen LogP contribution in [0.2, 0.25) is 5.28 Å². The summed E-state index contributed by atoms with van der Waals surface area (Å²) in [6.45, 7) is 1.05. The van der Waals surface area contributed by atoms with Gasteiger partial charge in [-0.3, -0.25) is 0 Å². The van der Waals surface area contributed by atoms with E-state index >= 15 is 0 Å². The SMILES string of the molecule is CC(CO)(CO)Nc1nc(Cl)nc(-n2cccn2)n1. The van der Waals surface area contributed by atoms with Crippen LogP contribution in [0.15, 0.2) is 18.5 Å². The predicted molar refractivity (Wildman–Crippen MR) is 68.2 cm³/mol. The maximum absolute atomic E-state index is 9.22. The molecule has 0 radical (unpaired) electrons. The first kappa shape index (κ1) is 13.7. The van der Waals surface area contributed by atoms with Gasteiger partial charge in [0, 0.05) is 12.4 Å². The highest BCUT2D eigenvalue weighted by Crippen LogP contribution is 2.14. The minimum absolute atomic E-state index is 0.0128. The van der Waals surface area contributed by atoms with Crippen molar-refractivity contribution in [2.45, 2.75) is 12.5 Å². The Bertz CT molecular complexity index is 543. The fraction of sp³-hybridized carbons (Fsp3) is 0.400. The smallest absolute Gasteiger partial charge is 0.256 e. The zero-order valence-electron chi connectivity index (χ0n) is 10.2. The van der Waals surface area contributed by atoms with Crippen LogP contribution < -0.4 is 5.32 Å². The second kappa shape index (κ2) is 5.47. The summed E-state index contributed by atoms with van der Waals surface area (Å²) >= 11 is 5.81. The van der Waals surface area contributed by atoms with E-state index in [2.05, 4.69) is 25.4 Å². The van der Waals surface area contributed by atoms with E-state index in [9.17, 15) is 10.2 Å². The van der Waals surface area contributed by atoms with Crippen LogP contribution in [0.1, 0.15) is 6.92 Å². The van der Waals surface area contributed by atoms with Crippen molar-refractivity contribution in [2.75, 3.05) is 18.5 Å². The van der Waals surface area contributed by atoms with Gasteiger partial charge < -0.3 is 15.5 Å². The maximum Gasteiger partial charge on any atom is 0.256 e. The van der Waals surface area contributed by atoms with Gasteiger partial charge in [0.05, 0.1) is 18.8 Å². The molecule has 0 aliphatic carbocycles. The van der Waals surface area contributed by atoms with Crippen LogP contribution in [-0.2, 0) is 0 Å². The summed E-state index contributed by atoms with van der Waals surface area (Å²) in [6, 6.07) is 1.72. The lowest BCUT2D eigenvalue weighted by atomic mass is 10.1. The van der Waals surface area contributed by atoms with Crippen LogP contribution in [0, 0.1) is 0 Å². The van der Waals surface area contributed by atoms with Crippen LogP contribution in [0.25, 0.3) is 5.95 Å². The normalized spacial score (nSPS) is 11.6. The van der Waals surface area contributed by atoms with Crippen molar-refractivity contribution >= 4 is 17.5 Å². The Kier molecular flexibility index (Phi) is 3.93. The highest BCUT2D eigenvalue weighted by Gasteiger charge is 2.23. The van der Waals surface area contributed by atoms with E-state index in [1.165, 1.54) is 4.68 Å². The summed E-state index contributed by atoms with van der Waals surface area (Å²) in [5.41, 5.74) is -0.952. The Balaban J connectivity index is 2.32. The Morgan fingerprint density at radius 1 is 1.32 bits per heavy atom. The monoisotopic (exact) mass is 284 g/mol. The molecule has 9 heteroatoms. The molecule has 0 aromatic carbocycles. The second-order valence-corrected chi connectivity index (χ2v) is 4.52. The lowest BCUT2D eigenvalue weighted by Crippen LogP contribution is -2.43. The standard InChI is InChI=1S/C10H13ClN6O2/c1-10(5-18,6-19)16-8-13-7(11)14-9(15-8)17-4-2-3-12-17/h2-4,18-19H,5-6H2,1H3,(H,13,14,15,16). The molecule has 0 saturated heterocycles. The van der Waals surface area contributed by atoms with Crippen LogP contribution in [0.5, 0.6) is 0 Å². The highest BCUT2D eigenvalue weighted by atomic mass is 35.5. The minimum atomic E-state index is -0.952. The van der Waals surface area contributed by atoms with E-state index in [-0.39, 0.29) is 30.4 Å². The zero-order valence-corrected chi connectivity index (χ0v) is 10.9. The van der Waals surface area contributed by atoms with Crippen LogP contribution in [-0.4, -0.2) is 53.7 Å². The van der Waals surface area contributed by atoms with Crippen molar-refractivity contribution in [1.82, 2.24) is 24.7 Å². The van der Waals surface area contributed by atoms with Crippen molar-refractivity contribution in [2.24, 2.45) is 0 Å². The zero-order chi connectivity index (χ0) is 13.9. The highest BCUT2D eigenvalue weighted by molar-refractivity contribution is 6.28. The first-order valence-corrected chi connectivity index (χ1v) is 5.85. The van der Waals surface area contributed by atoms with E-state index in [0.29, 0.717) is 0 Å². The van der Waals surface area contributed by atoms with Gasteiger partial charge in [-0.25, -0.2) is 4.68 Å². The van der Waals surface area contributed by atoms with Crippen molar-refractivity contribution < 1.29 is 10.2 Å². The molecular weight excluding hydrogens is 272 g/mol. The lowest BCUT2D eigenvalue weighted by molar-refractivity contribution is 0.147. The molecule has 19 heavy (non-hydrogen) atoms. The van der Waals surface area contributed by atoms with E-state index in [1.54, 1.807) is 25.4 Å². The molecule has 0 spiro atoms. The lowest BCUT2D eigenvalue weighted by Gasteiger charge is -2.26. The molecule has 8 nitrogen and oxygen atoms in total. The quantitative estimate of drug-likeness (QED) is 0.701. The molecule has 2 heterocycles. The second-order valence-electron chi connectivity index (χ2n) is 4.18. The van der Waals surface area contributed by atoms with Gasteiger partial charge in [-0.15, -0.1) is 0 Å². The van der Waals surface area contributed by atoms with Gasteiger partial charge in [-0.05, 0) is 24.6 Å².